The van der Waals surface area contributed by atoms with Gasteiger partial charge in [0.05, 0.1) is 5.35 Å². The van der Waals surface area contributed by atoms with Gasteiger partial charge in [0.25, 0.3) is 5.91 Å². The van der Waals surface area contributed by atoms with Gasteiger partial charge >= 0.3 is 0 Å². The standard InChI is InChI=1S/C23H35N5O3/c1-17(2)28-20-10-7-5-4-6-9-19(20)21(26-28)23(30)25-24-22(29)18-11-14-27(15-12-18)13-8-16-31-3/h4,6,9-10,17-18H,5,7-8,11-16H2,1-3H3,(H,24,29)(H,25,30)/b6-4+,19-9+,20-10-. The summed E-state index contributed by atoms with van der Waals surface area (Å²) in [6, 6.07) is 0.132. The predicted octanol–water partition coefficient (Wildman–Crippen LogP) is 0.885. The second kappa shape index (κ2) is 11.2. The van der Waals surface area contributed by atoms with Crippen molar-refractivity contribution in [3.8, 4) is 0 Å². The largest absolute Gasteiger partial charge is 0.385 e. The van der Waals surface area contributed by atoms with E-state index >= 15 is 0 Å². The van der Waals surface area contributed by atoms with Gasteiger partial charge in [-0.2, -0.15) is 5.10 Å². The van der Waals surface area contributed by atoms with Crippen LogP contribution < -0.4 is 21.4 Å². The van der Waals surface area contributed by atoms with Gasteiger partial charge in [-0.15, -0.1) is 0 Å². The summed E-state index contributed by atoms with van der Waals surface area (Å²) < 4.78 is 6.98. The fraction of sp³-hybridized carbons (Fsp3) is 0.609. The average Bonchev–Trinajstić information content (AvgIpc) is 3.10. The molecule has 0 bridgehead atoms. The van der Waals surface area contributed by atoms with Crippen molar-refractivity contribution >= 4 is 24.0 Å². The lowest BCUT2D eigenvalue weighted by molar-refractivity contribution is -0.127. The van der Waals surface area contributed by atoms with Crippen molar-refractivity contribution in [1.29, 1.82) is 0 Å². The summed E-state index contributed by atoms with van der Waals surface area (Å²) in [5.41, 5.74) is 5.54. The summed E-state index contributed by atoms with van der Waals surface area (Å²) in [5, 5.41) is 6.30. The predicted molar refractivity (Wildman–Crippen MR) is 120 cm³/mol. The Hall–Kier alpha value is -2.45. The molecule has 1 saturated heterocycles. The Morgan fingerprint density at radius 1 is 1.23 bits per heavy atom. The molecule has 3 rings (SSSR count). The fourth-order valence-corrected chi connectivity index (χ4v) is 4.10. The molecule has 170 valence electrons. The Labute approximate surface area is 184 Å². The highest BCUT2D eigenvalue weighted by atomic mass is 16.5. The Balaban J connectivity index is 1.60. The lowest BCUT2D eigenvalue weighted by Crippen LogP contribution is -2.48. The number of fused-ring (bicyclic) bond motifs is 1. The van der Waals surface area contributed by atoms with Gasteiger partial charge in [0.1, 0.15) is 0 Å². The molecular formula is C23H35N5O3. The topological polar surface area (TPSA) is 88.5 Å². The number of likely N-dealkylation sites (tertiary alicyclic amines) is 1. The van der Waals surface area contributed by atoms with Gasteiger partial charge in [-0.3, -0.25) is 25.1 Å². The molecule has 0 radical (unpaired) electrons. The molecule has 1 fully saturated rings. The average molecular weight is 430 g/mol. The molecule has 0 unspecified atom stereocenters. The number of hydrazine groups is 1. The first-order valence-corrected chi connectivity index (χ1v) is 11.3. The number of rotatable bonds is 7. The van der Waals surface area contributed by atoms with Crippen LogP contribution in [0.25, 0.3) is 12.2 Å². The lowest BCUT2D eigenvalue weighted by Gasteiger charge is -2.31. The van der Waals surface area contributed by atoms with E-state index in [9.17, 15) is 9.59 Å². The smallest absolute Gasteiger partial charge is 0.290 e. The van der Waals surface area contributed by atoms with Gasteiger partial charge < -0.3 is 9.64 Å². The highest BCUT2D eigenvalue weighted by molar-refractivity contribution is 5.94. The van der Waals surface area contributed by atoms with E-state index in [-0.39, 0.29) is 23.8 Å². The number of methoxy groups -OCH3 is 1. The molecule has 0 spiro atoms. The number of nitrogens with one attached hydrogen (secondary N) is 2. The van der Waals surface area contributed by atoms with Gasteiger partial charge in [0.15, 0.2) is 5.69 Å². The van der Waals surface area contributed by atoms with Gasteiger partial charge in [-0.25, -0.2) is 0 Å². The molecule has 1 aromatic rings. The molecule has 0 saturated carbocycles. The minimum absolute atomic E-state index is 0.0874. The molecule has 8 heteroatoms. The van der Waals surface area contributed by atoms with Crippen LogP contribution >= 0.6 is 0 Å². The monoisotopic (exact) mass is 429 g/mol. The van der Waals surface area contributed by atoms with E-state index in [1.807, 2.05) is 30.7 Å². The van der Waals surface area contributed by atoms with E-state index in [0.717, 1.165) is 68.9 Å². The Morgan fingerprint density at radius 3 is 2.71 bits per heavy atom. The van der Waals surface area contributed by atoms with Gasteiger partial charge in [0.2, 0.25) is 5.91 Å². The van der Waals surface area contributed by atoms with E-state index in [1.165, 1.54) is 0 Å². The summed E-state index contributed by atoms with van der Waals surface area (Å²) in [6.07, 6.45) is 12.5. The van der Waals surface area contributed by atoms with Crippen molar-refractivity contribution in [2.45, 2.75) is 52.0 Å². The first-order valence-electron chi connectivity index (χ1n) is 11.3. The first-order chi connectivity index (χ1) is 15.0. The van der Waals surface area contributed by atoms with Crippen molar-refractivity contribution in [1.82, 2.24) is 25.5 Å². The SMILES string of the molecule is COCCCN1CCC(C(=O)NNC(=O)c2nn(C(C)C)c3/c2=C\C=C\CC/C=3)CC1. The van der Waals surface area contributed by atoms with E-state index < -0.39 is 0 Å². The number of hydrogen-bond acceptors (Lipinski definition) is 5. The number of piperidine rings is 1. The number of aromatic nitrogens is 2. The summed E-state index contributed by atoms with van der Waals surface area (Å²) in [4.78, 5) is 27.8. The highest BCUT2D eigenvalue weighted by Gasteiger charge is 2.25. The van der Waals surface area contributed by atoms with E-state index in [0.29, 0.717) is 5.69 Å². The van der Waals surface area contributed by atoms with Crippen LogP contribution in [0.1, 0.15) is 62.5 Å². The van der Waals surface area contributed by atoms with Gasteiger partial charge in [-0.1, -0.05) is 24.3 Å². The Morgan fingerprint density at radius 2 is 2.00 bits per heavy atom. The maximum atomic E-state index is 12.9. The molecule has 8 nitrogen and oxygen atoms in total. The minimum atomic E-state index is -0.389. The molecule has 2 N–H and O–H groups in total. The number of allylic oxidation sites excluding steroid dienone is 2. The molecule has 2 amide bonds. The van der Waals surface area contributed by atoms with Crippen LogP contribution in [0.2, 0.25) is 0 Å². The van der Waals surface area contributed by atoms with Crippen molar-refractivity contribution in [3.63, 3.8) is 0 Å². The molecule has 1 aliphatic heterocycles. The van der Waals surface area contributed by atoms with Crippen LogP contribution in [0.4, 0.5) is 0 Å². The third-order valence-electron chi connectivity index (χ3n) is 5.84. The molecule has 0 aromatic carbocycles. The molecule has 1 aliphatic carbocycles. The van der Waals surface area contributed by atoms with Crippen LogP contribution in [0.15, 0.2) is 12.2 Å². The zero-order chi connectivity index (χ0) is 22.2. The zero-order valence-corrected chi connectivity index (χ0v) is 18.9. The molecule has 2 aliphatic rings. The van der Waals surface area contributed by atoms with Crippen LogP contribution in [-0.2, 0) is 9.53 Å². The number of nitrogens with zero attached hydrogens (tertiary/aromatic N) is 3. The Bertz CT molecular complexity index is 910. The normalized spacial score (nSPS) is 20.5. The van der Waals surface area contributed by atoms with Crippen molar-refractivity contribution in [2.75, 3.05) is 33.4 Å². The van der Waals surface area contributed by atoms with Crippen LogP contribution in [0.3, 0.4) is 0 Å². The Kier molecular flexibility index (Phi) is 8.43. The van der Waals surface area contributed by atoms with Gasteiger partial charge in [-0.05, 0) is 59.0 Å². The number of amides is 2. The molecule has 0 atom stereocenters. The van der Waals surface area contributed by atoms with Gasteiger partial charge in [0, 0.05) is 37.4 Å². The van der Waals surface area contributed by atoms with Crippen LogP contribution in [0.5, 0.6) is 0 Å². The molecular weight excluding hydrogens is 394 g/mol. The number of carbonyl (C=O) groups is 2. The second-order valence-corrected chi connectivity index (χ2v) is 8.47. The molecule has 31 heavy (non-hydrogen) atoms. The van der Waals surface area contributed by atoms with E-state index in [4.69, 9.17) is 4.74 Å². The minimum Gasteiger partial charge on any atom is -0.385 e. The third kappa shape index (κ3) is 6.04. The number of ether oxygens (including phenoxy) is 1. The lowest BCUT2D eigenvalue weighted by atomic mass is 9.96. The maximum absolute atomic E-state index is 12.9. The van der Waals surface area contributed by atoms with Crippen LogP contribution in [-0.4, -0.2) is 59.8 Å². The van der Waals surface area contributed by atoms with Crippen molar-refractivity contribution < 1.29 is 14.3 Å². The van der Waals surface area contributed by atoms with Crippen molar-refractivity contribution in [3.05, 3.63) is 28.4 Å². The number of hydrogen-bond donors (Lipinski definition) is 2. The third-order valence-corrected chi connectivity index (χ3v) is 5.84. The van der Waals surface area contributed by atoms with Crippen LogP contribution in [0, 0.1) is 5.92 Å². The summed E-state index contributed by atoms with van der Waals surface area (Å²) >= 11 is 0. The first kappa shape index (κ1) is 23.2. The van der Waals surface area contributed by atoms with E-state index in [2.05, 4.69) is 33.0 Å². The maximum Gasteiger partial charge on any atom is 0.290 e. The summed E-state index contributed by atoms with van der Waals surface area (Å²) in [7, 11) is 1.71. The molecule has 1 aromatic heterocycles. The summed E-state index contributed by atoms with van der Waals surface area (Å²) in [6.45, 7) is 7.61. The fourth-order valence-electron chi connectivity index (χ4n) is 4.10. The number of carbonyl (C=O) groups excluding carboxylic acids is 2. The quantitative estimate of drug-likeness (QED) is 0.496. The van der Waals surface area contributed by atoms with E-state index in [1.54, 1.807) is 7.11 Å². The highest BCUT2D eigenvalue weighted by Crippen LogP contribution is 2.17. The summed E-state index contributed by atoms with van der Waals surface area (Å²) in [5.74, 6) is -0.609. The molecule has 2 heterocycles. The zero-order valence-electron chi connectivity index (χ0n) is 18.9. The van der Waals surface area contributed by atoms with Crippen molar-refractivity contribution in [2.24, 2.45) is 5.92 Å². The second-order valence-electron chi connectivity index (χ2n) is 8.47.